The van der Waals surface area contributed by atoms with Crippen molar-refractivity contribution in [1.82, 2.24) is 9.88 Å². The Morgan fingerprint density at radius 2 is 1.83 bits per heavy atom. The maximum absolute atomic E-state index is 4.60. The Bertz CT molecular complexity index is 557. The fraction of sp³-hybridized carbons (Fsp3) is 0.333. The summed E-state index contributed by atoms with van der Waals surface area (Å²) >= 11 is 0. The molecule has 2 aromatic rings. The standard InChI is InChI=1S/C15H18N3/c1-12-6-7-13-14(16-12)4-3-5-15(13)18-10-8-17(2)9-11-18/h3-7H,2,8-11H2,1H3/q-1. The van der Waals surface area contributed by atoms with Crippen molar-refractivity contribution in [2.45, 2.75) is 6.92 Å². The fourth-order valence-corrected chi connectivity index (χ4v) is 2.51. The van der Waals surface area contributed by atoms with Gasteiger partial charge in [-0.05, 0) is 44.3 Å². The van der Waals surface area contributed by atoms with Crippen molar-refractivity contribution in [3.05, 3.63) is 43.1 Å². The summed E-state index contributed by atoms with van der Waals surface area (Å²) in [6.07, 6.45) is 0. The third-order valence-electron chi connectivity index (χ3n) is 3.56. The molecule has 0 spiro atoms. The van der Waals surface area contributed by atoms with Crippen molar-refractivity contribution in [2.75, 3.05) is 31.1 Å². The summed E-state index contributed by atoms with van der Waals surface area (Å²) < 4.78 is 0. The van der Waals surface area contributed by atoms with Gasteiger partial charge in [0.25, 0.3) is 0 Å². The molecule has 0 amide bonds. The molecule has 3 rings (SSSR count). The molecule has 0 radical (unpaired) electrons. The molecule has 1 fully saturated rings. The van der Waals surface area contributed by atoms with Crippen molar-refractivity contribution in [1.29, 1.82) is 0 Å². The van der Waals surface area contributed by atoms with E-state index in [2.05, 4.69) is 52.2 Å². The minimum atomic E-state index is 1.02. The molecule has 1 aliphatic heterocycles. The molecule has 94 valence electrons. The number of pyridine rings is 1. The van der Waals surface area contributed by atoms with Gasteiger partial charge in [0, 0.05) is 29.9 Å². The molecule has 0 atom stereocenters. The number of benzene rings is 1. The monoisotopic (exact) mass is 240 g/mol. The van der Waals surface area contributed by atoms with E-state index in [9.17, 15) is 0 Å². The number of nitrogens with zero attached hydrogens (tertiary/aromatic N) is 3. The number of hydrogen-bond acceptors (Lipinski definition) is 3. The summed E-state index contributed by atoms with van der Waals surface area (Å²) in [4.78, 5) is 9.16. The molecule has 2 heterocycles. The van der Waals surface area contributed by atoms with Gasteiger partial charge in [0.1, 0.15) is 0 Å². The number of fused-ring (bicyclic) bond motifs is 1. The van der Waals surface area contributed by atoms with E-state index >= 15 is 0 Å². The van der Waals surface area contributed by atoms with Gasteiger partial charge in [0.05, 0.1) is 5.52 Å². The van der Waals surface area contributed by atoms with Crippen molar-refractivity contribution >= 4 is 16.6 Å². The van der Waals surface area contributed by atoms with Crippen LogP contribution in [0.4, 0.5) is 5.69 Å². The van der Waals surface area contributed by atoms with Crippen LogP contribution in [0.3, 0.4) is 0 Å². The predicted octanol–water partition coefficient (Wildman–Crippen LogP) is 2.46. The molecule has 1 aliphatic rings. The van der Waals surface area contributed by atoms with Gasteiger partial charge in [-0.25, -0.2) is 0 Å². The zero-order chi connectivity index (χ0) is 12.5. The minimum absolute atomic E-state index is 1.02. The zero-order valence-corrected chi connectivity index (χ0v) is 10.8. The van der Waals surface area contributed by atoms with Crippen LogP contribution in [-0.4, -0.2) is 36.1 Å². The Balaban J connectivity index is 2.01. The second-order valence-corrected chi connectivity index (χ2v) is 4.90. The molecule has 3 nitrogen and oxygen atoms in total. The lowest BCUT2D eigenvalue weighted by atomic mass is 10.1. The molecule has 0 unspecified atom stereocenters. The molecule has 0 N–H and O–H groups in total. The van der Waals surface area contributed by atoms with Gasteiger partial charge in [-0.2, -0.15) is 0 Å². The van der Waals surface area contributed by atoms with Gasteiger partial charge in [0.15, 0.2) is 0 Å². The van der Waals surface area contributed by atoms with Crippen LogP contribution in [0.15, 0.2) is 30.3 Å². The number of aryl methyl sites for hydroxylation is 1. The van der Waals surface area contributed by atoms with Crippen LogP contribution in [0, 0.1) is 14.0 Å². The van der Waals surface area contributed by atoms with Crippen LogP contribution in [0.5, 0.6) is 0 Å². The minimum Gasteiger partial charge on any atom is -0.456 e. The van der Waals surface area contributed by atoms with Gasteiger partial charge in [-0.15, -0.1) is 0 Å². The summed E-state index contributed by atoms with van der Waals surface area (Å²) in [6.45, 7) is 6.16. The second-order valence-electron chi connectivity index (χ2n) is 4.90. The van der Waals surface area contributed by atoms with Crippen LogP contribution in [0.25, 0.3) is 10.9 Å². The lowest BCUT2D eigenvalue weighted by molar-refractivity contribution is 0.344. The zero-order valence-electron chi connectivity index (χ0n) is 10.8. The molecule has 0 saturated carbocycles. The first kappa shape index (κ1) is 11.5. The van der Waals surface area contributed by atoms with E-state index in [-0.39, 0.29) is 0 Å². The largest absolute Gasteiger partial charge is 0.456 e. The van der Waals surface area contributed by atoms with E-state index in [1.165, 1.54) is 11.1 Å². The first-order valence-corrected chi connectivity index (χ1v) is 6.41. The van der Waals surface area contributed by atoms with E-state index in [0.29, 0.717) is 0 Å². The number of rotatable bonds is 1. The summed E-state index contributed by atoms with van der Waals surface area (Å²) in [5.74, 6) is 0. The molecule has 0 aliphatic carbocycles. The third kappa shape index (κ3) is 2.06. The average molecular weight is 240 g/mol. The lowest BCUT2D eigenvalue weighted by Crippen LogP contribution is -2.43. The Labute approximate surface area is 108 Å². The highest BCUT2D eigenvalue weighted by Gasteiger charge is 2.14. The molecule has 1 aromatic heterocycles. The number of aromatic nitrogens is 1. The predicted molar refractivity (Wildman–Crippen MR) is 75.6 cm³/mol. The van der Waals surface area contributed by atoms with Crippen LogP contribution in [0.1, 0.15) is 5.69 Å². The topological polar surface area (TPSA) is 19.4 Å². The first-order valence-electron chi connectivity index (χ1n) is 6.41. The summed E-state index contributed by atoms with van der Waals surface area (Å²) in [6, 6.07) is 10.6. The molecular formula is C15H18N3-. The maximum Gasteiger partial charge on any atom is 0.0726 e. The number of hydrogen-bond donors (Lipinski definition) is 0. The van der Waals surface area contributed by atoms with Gasteiger partial charge in [-0.3, -0.25) is 12.0 Å². The highest BCUT2D eigenvalue weighted by molar-refractivity contribution is 5.92. The third-order valence-corrected chi connectivity index (χ3v) is 3.56. The fourth-order valence-electron chi connectivity index (χ4n) is 2.51. The summed E-state index contributed by atoms with van der Waals surface area (Å²) in [5.41, 5.74) is 3.46. The van der Waals surface area contributed by atoms with E-state index in [1.807, 2.05) is 6.92 Å². The second kappa shape index (κ2) is 4.58. The Morgan fingerprint density at radius 3 is 2.61 bits per heavy atom. The molecule has 18 heavy (non-hydrogen) atoms. The molecule has 0 bridgehead atoms. The van der Waals surface area contributed by atoms with Crippen LogP contribution < -0.4 is 4.90 Å². The van der Waals surface area contributed by atoms with Crippen molar-refractivity contribution in [3.63, 3.8) is 0 Å². The molecule has 1 saturated heterocycles. The van der Waals surface area contributed by atoms with Crippen molar-refractivity contribution < 1.29 is 0 Å². The molecular weight excluding hydrogens is 222 g/mol. The molecule has 3 heteroatoms. The number of piperazine rings is 1. The summed E-state index contributed by atoms with van der Waals surface area (Å²) in [7, 11) is 3.99. The smallest absolute Gasteiger partial charge is 0.0726 e. The Morgan fingerprint density at radius 1 is 1.06 bits per heavy atom. The van der Waals surface area contributed by atoms with Crippen LogP contribution in [0.2, 0.25) is 0 Å². The van der Waals surface area contributed by atoms with Crippen LogP contribution >= 0.6 is 0 Å². The lowest BCUT2D eigenvalue weighted by Gasteiger charge is -2.38. The van der Waals surface area contributed by atoms with Gasteiger partial charge in [-0.1, -0.05) is 6.07 Å². The summed E-state index contributed by atoms with van der Waals surface area (Å²) in [5, 5.41) is 1.25. The van der Waals surface area contributed by atoms with Crippen molar-refractivity contribution in [3.8, 4) is 0 Å². The van der Waals surface area contributed by atoms with Gasteiger partial charge in [0.2, 0.25) is 0 Å². The highest BCUT2D eigenvalue weighted by Crippen LogP contribution is 2.26. The normalized spacial score (nSPS) is 17.3. The van der Waals surface area contributed by atoms with Crippen LogP contribution in [-0.2, 0) is 0 Å². The average Bonchev–Trinajstić information content (AvgIpc) is 2.38. The Hall–Kier alpha value is -1.61. The first-order chi connectivity index (χ1) is 8.74. The van der Waals surface area contributed by atoms with Crippen molar-refractivity contribution in [2.24, 2.45) is 0 Å². The number of anilines is 1. The quantitative estimate of drug-likeness (QED) is 0.714. The van der Waals surface area contributed by atoms with E-state index < -0.39 is 0 Å². The highest BCUT2D eigenvalue weighted by atomic mass is 15.2. The maximum atomic E-state index is 4.60. The SMILES string of the molecule is [CH2-]N1CCN(c2cccc3nc(C)ccc23)CC1. The van der Waals surface area contributed by atoms with Gasteiger partial charge >= 0.3 is 0 Å². The Kier molecular flexibility index (Phi) is 2.92. The van der Waals surface area contributed by atoms with E-state index in [0.717, 1.165) is 37.4 Å². The van der Waals surface area contributed by atoms with E-state index in [4.69, 9.17) is 0 Å². The molecule has 1 aromatic carbocycles. The van der Waals surface area contributed by atoms with Gasteiger partial charge < -0.3 is 9.80 Å². The van der Waals surface area contributed by atoms with E-state index in [1.54, 1.807) is 0 Å².